The predicted octanol–water partition coefficient (Wildman–Crippen LogP) is 3.00. The van der Waals surface area contributed by atoms with E-state index in [2.05, 4.69) is 10.4 Å². The molecule has 0 unspecified atom stereocenters. The Morgan fingerprint density at radius 2 is 2.00 bits per heavy atom. The molecule has 3 rings (SSSR count). The van der Waals surface area contributed by atoms with Crippen molar-refractivity contribution in [2.24, 2.45) is 12.8 Å². The van der Waals surface area contributed by atoms with Crippen molar-refractivity contribution in [2.75, 3.05) is 5.32 Å². The second-order valence-electron chi connectivity index (χ2n) is 5.77. The van der Waals surface area contributed by atoms with Gasteiger partial charge in [-0.3, -0.25) is 14.3 Å². The molecule has 3 aromatic rings. The van der Waals surface area contributed by atoms with E-state index < -0.39 is 5.91 Å². The smallest absolute Gasteiger partial charge is 0.269 e. The van der Waals surface area contributed by atoms with Gasteiger partial charge in [-0.25, -0.2) is 0 Å². The van der Waals surface area contributed by atoms with Crippen molar-refractivity contribution in [3.63, 3.8) is 0 Å². The van der Waals surface area contributed by atoms with E-state index in [4.69, 9.17) is 22.1 Å². The molecule has 3 N–H and O–H groups in total. The third-order valence-electron chi connectivity index (χ3n) is 3.84. The fourth-order valence-corrected chi connectivity index (χ4v) is 2.73. The summed E-state index contributed by atoms with van der Waals surface area (Å²) in [5, 5.41) is 7.11. The van der Waals surface area contributed by atoms with Crippen molar-refractivity contribution in [2.45, 2.75) is 6.61 Å². The van der Waals surface area contributed by atoms with Gasteiger partial charge >= 0.3 is 0 Å². The lowest BCUT2D eigenvalue weighted by Gasteiger charge is -2.09. The Morgan fingerprint density at radius 1 is 1.22 bits per heavy atom. The summed E-state index contributed by atoms with van der Waals surface area (Å²) in [4.78, 5) is 24.0. The highest BCUT2D eigenvalue weighted by atomic mass is 35.5. The lowest BCUT2D eigenvalue weighted by Crippen LogP contribution is -2.20. The summed E-state index contributed by atoms with van der Waals surface area (Å²) in [5.74, 6) is -0.493. The van der Waals surface area contributed by atoms with Gasteiger partial charge in [-0.15, -0.1) is 0 Å². The number of nitrogens with two attached hydrogens (primary N) is 1. The number of aryl methyl sites for hydroxylation is 1. The van der Waals surface area contributed by atoms with Crippen LogP contribution >= 0.6 is 11.6 Å². The van der Waals surface area contributed by atoms with E-state index in [1.807, 2.05) is 18.2 Å². The monoisotopic (exact) mass is 384 g/mol. The highest BCUT2D eigenvalue weighted by Crippen LogP contribution is 2.24. The number of primary amides is 1. The summed E-state index contributed by atoms with van der Waals surface area (Å²) in [7, 11) is 1.57. The van der Waals surface area contributed by atoms with E-state index in [9.17, 15) is 9.59 Å². The largest absolute Gasteiger partial charge is 0.487 e. The van der Waals surface area contributed by atoms with Crippen LogP contribution in [0.5, 0.6) is 5.75 Å². The summed E-state index contributed by atoms with van der Waals surface area (Å²) in [6.45, 7) is 0.254. The summed E-state index contributed by atoms with van der Waals surface area (Å²) in [6.07, 6.45) is 1.38. The van der Waals surface area contributed by atoms with Crippen molar-refractivity contribution < 1.29 is 14.3 Å². The van der Waals surface area contributed by atoms with E-state index >= 15 is 0 Å². The molecule has 0 bridgehead atoms. The topological polar surface area (TPSA) is 99.2 Å². The molecule has 7 nitrogen and oxygen atoms in total. The molecule has 2 aromatic carbocycles. The van der Waals surface area contributed by atoms with Gasteiger partial charge in [0, 0.05) is 12.6 Å². The number of carbonyl (C=O) groups excluding carboxylic acids is 2. The van der Waals surface area contributed by atoms with Crippen LogP contribution in [0.3, 0.4) is 0 Å². The number of carbonyl (C=O) groups is 2. The summed E-state index contributed by atoms with van der Waals surface area (Å²) >= 11 is 6.07. The molecule has 8 heteroatoms. The number of hydrogen-bond acceptors (Lipinski definition) is 4. The molecule has 0 saturated carbocycles. The van der Waals surface area contributed by atoms with Crippen LogP contribution in [0.15, 0.2) is 54.7 Å². The van der Waals surface area contributed by atoms with Crippen LogP contribution in [0.1, 0.15) is 26.4 Å². The normalized spacial score (nSPS) is 10.4. The number of nitrogens with one attached hydrogen (secondary N) is 1. The number of hydrogen-bond donors (Lipinski definition) is 2. The molecule has 0 radical (unpaired) electrons. The van der Waals surface area contributed by atoms with Crippen molar-refractivity contribution in [3.8, 4) is 5.75 Å². The summed E-state index contributed by atoms with van der Waals surface area (Å²) < 4.78 is 7.00. The lowest BCUT2D eigenvalue weighted by atomic mass is 10.1. The molecule has 2 amide bonds. The van der Waals surface area contributed by atoms with Gasteiger partial charge in [0.15, 0.2) is 0 Å². The maximum atomic E-state index is 12.5. The molecule has 138 valence electrons. The fraction of sp³-hybridized carbons (Fsp3) is 0.105. The highest BCUT2D eigenvalue weighted by molar-refractivity contribution is 6.32. The van der Waals surface area contributed by atoms with Gasteiger partial charge in [-0.2, -0.15) is 5.10 Å². The number of amides is 2. The van der Waals surface area contributed by atoms with Gasteiger partial charge < -0.3 is 15.8 Å². The Bertz CT molecular complexity index is 1000. The van der Waals surface area contributed by atoms with Gasteiger partial charge in [0.05, 0.1) is 16.9 Å². The van der Waals surface area contributed by atoms with Gasteiger partial charge in [0.2, 0.25) is 0 Å². The molecule has 0 aliphatic heterocycles. The number of para-hydroxylation sites is 1. The lowest BCUT2D eigenvalue weighted by molar-refractivity contribution is 0.0992. The van der Waals surface area contributed by atoms with Gasteiger partial charge in [0.1, 0.15) is 18.1 Å². The van der Waals surface area contributed by atoms with Crippen LogP contribution in [0.4, 0.5) is 5.69 Å². The third kappa shape index (κ3) is 4.27. The molecule has 0 fully saturated rings. The summed E-state index contributed by atoms with van der Waals surface area (Å²) in [6, 6.07) is 14.1. The highest BCUT2D eigenvalue weighted by Gasteiger charge is 2.17. The molecule has 0 aliphatic carbocycles. The maximum absolute atomic E-state index is 12.5. The number of benzene rings is 2. The van der Waals surface area contributed by atoms with Crippen LogP contribution < -0.4 is 15.8 Å². The van der Waals surface area contributed by atoms with Crippen LogP contribution in [-0.2, 0) is 13.7 Å². The molecule has 27 heavy (non-hydrogen) atoms. The number of anilines is 1. The van der Waals surface area contributed by atoms with Crippen LogP contribution in [-0.4, -0.2) is 21.6 Å². The Balaban J connectivity index is 1.72. The zero-order chi connectivity index (χ0) is 19.4. The first-order valence-corrected chi connectivity index (χ1v) is 8.43. The molecular weight excluding hydrogens is 368 g/mol. The first-order valence-electron chi connectivity index (χ1n) is 8.05. The van der Waals surface area contributed by atoms with E-state index in [1.165, 1.54) is 10.9 Å². The van der Waals surface area contributed by atoms with Crippen molar-refractivity contribution >= 4 is 29.1 Å². The molecule has 0 saturated heterocycles. The number of halogens is 1. The maximum Gasteiger partial charge on any atom is 0.269 e. The van der Waals surface area contributed by atoms with Crippen molar-refractivity contribution in [1.82, 2.24) is 9.78 Å². The zero-order valence-electron chi connectivity index (χ0n) is 14.5. The van der Waals surface area contributed by atoms with E-state index in [0.717, 1.165) is 5.56 Å². The van der Waals surface area contributed by atoms with Crippen LogP contribution in [0.25, 0.3) is 0 Å². The number of ether oxygens (including phenoxy) is 1. The molecule has 0 atom stereocenters. The molecule has 1 aromatic heterocycles. The fourth-order valence-electron chi connectivity index (χ4n) is 2.54. The average Bonchev–Trinajstić information content (AvgIpc) is 3.01. The Kier molecular flexibility index (Phi) is 5.42. The Morgan fingerprint density at radius 3 is 2.74 bits per heavy atom. The second-order valence-corrected chi connectivity index (χ2v) is 6.18. The summed E-state index contributed by atoms with van der Waals surface area (Å²) in [5.41, 5.74) is 6.92. The SMILES string of the molecule is Cn1ncc(NC(=O)c2cccc(COc3ccccc3Cl)c2)c1C(N)=O. The molecular formula is C19H17ClN4O3. The first-order chi connectivity index (χ1) is 13.0. The minimum atomic E-state index is -0.674. The van der Waals surface area contributed by atoms with E-state index in [0.29, 0.717) is 16.3 Å². The minimum Gasteiger partial charge on any atom is -0.487 e. The predicted molar refractivity (Wildman–Crippen MR) is 102 cm³/mol. The van der Waals surface area contributed by atoms with Crippen LogP contribution in [0, 0.1) is 0 Å². The Hall–Kier alpha value is -3.32. The third-order valence-corrected chi connectivity index (χ3v) is 4.15. The van der Waals surface area contributed by atoms with E-state index in [-0.39, 0.29) is 23.9 Å². The molecule has 0 spiro atoms. The number of rotatable bonds is 6. The average molecular weight is 385 g/mol. The standard InChI is InChI=1S/C19H17ClN4O3/c1-24-17(18(21)25)15(10-22-24)23-19(26)13-6-4-5-12(9-13)11-27-16-8-3-2-7-14(16)20/h2-10H,11H2,1H3,(H2,21,25)(H,23,26). The molecule has 1 heterocycles. The van der Waals surface area contributed by atoms with Gasteiger partial charge in [-0.05, 0) is 29.8 Å². The van der Waals surface area contributed by atoms with Crippen molar-refractivity contribution in [1.29, 1.82) is 0 Å². The first kappa shape index (κ1) is 18.5. The second kappa shape index (κ2) is 7.92. The van der Waals surface area contributed by atoms with Crippen molar-refractivity contribution in [3.05, 3.63) is 76.6 Å². The minimum absolute atomic E-state index is 0.126. The zero-order valence-corrected chi connectivity index (χ0v) is 15.2. The van der Waals surface area contributed by atoms with E-state index in [1.54, 1.807) is 37.4 Å². The molecule has 0 aliphatic rings. The number of nitrogens with zero attached hydrogens (tertiary/aromatic N) is 2. The van der Waals surface area contributed by atoms with Gasteiger partial charge in [-0.1, -0.05) is 35.9 Å². The number of aromatic nitrogens is 2. The Labute approximate surface area is 160 Å². The van der Waals surface area contributed by atoms with Gasteiger partial charge in [0.25, 0.3) is 11.8 Å². The quantitative estimate of drug-likeness (QED) is 0.682. The van der Waals surface area contributed by atoms with Crippen LogP contribution in [0.2, 0.25) is 5.02 Å².